The fraction of sp³-hybridized carbons (Fsp3) is 0.0189. The predicted octanol–water partition coefficient (Wildman–Crippen LogP) is 14.0. The summed E-state index contributed by atoms with van der Waals surface area (Å²) in [6, 6.07) is 69.7. The summed E-state index contributed by atoms with van der Waals surface area (Å²) in [5.41, 5.74) is 16.1. The lowest BCUT2D eigenvalue weighted by atomic mass is 9.94. The summed E-state index contributed by atoms with van der Waals surface area (Å²) in [5, 5.41) is 0. The molecule has 7 aromatic carbocycles. The molecule has 1 heterocycles. The molecule has 0 saturated carbocycles. The SMILES string of the molecule is C=C(/C=C(\C=C(/C)c1cccc(-c2cccc(-c3cccc(-c4nc(-c5ccccc5)cc(-c5ccccc5)n4)c3)c2)c1)c1ccccc1)c1ccccc1. The van der Waals surface area contributed by atoms with Crippen molar-refractivity contribution >= 4 is 16.7 Å². The summed E-state index contributed by atoms with van der Waals surface area (Å²) in [6.07, 6.45) is 4.45. The first kappa shape index (κ1) is 34.9. The van der Waals surface area contributed by atoms with E-state index in [1.54, 1.807) is 0 Å². The molecule has 0 fully saturated rings. The van der Waals surface area contributed by atoms with Crippen molar-refractivity contribution in [1.82, 2.24) is 9.97 Å². The summed E-state index contributed by atoms with van der Waals surface area (Å²) >= 11 is 0. The molecule has 0 bridgehead atoms. The molecule has 0 N–H and O–H groups in total. The Hall–Kier alpha value is -7.16. The average molecular weight is 705 g/mol. The van der Waals surface area contributed by atoms with Gasteiger partial charge in [0.05, 0.1) is 11.4 Å². The van der Waals surface area contributed by atoms with E-state index in [1.165, 1.54) is 11.1 Å². The number of allylic oxidation sites excluding steroid dienone is 5. The Morgan fingerprint density at radius 3 is 1.33 bits per heavy atom. The zero-order valence-corrected chi connectivity index (χ0v) is 30.8. The first-order valence-electron chi connectivity index (χ1n) is 18.6. The van der Waals surface area contributed by atoms with Gasteiger partial charge in [0, 0.05) is 16.7 Å². The Morgan fingerprint density at radius 1 is 0.382 bits per heavy atom. The highest BCUT2D eigenvalue weighted by molar-refractivity contribution is 5.91. The van der Waals surface area contributed by atoms with Crippen LogP contribution in [0.25, 0.3) is 72.9 Å². The molecule has 0 amide bonds. The Morgan fingerprint density at radius 2 is 0.782 bits per heavy atom. The van der Waals surface area contributed by atoms with Crippen LogP contribution in [0.4, 0.5) is 0 Å². The normalized spacial score (nSPS) is 11.7. The fourth-order valence-electron chi connectivity index (χ4n) is 6.83. The minimum atomic E-state index is 0.699. The molecular weight excluding hydrogens is 665 g/mol. The van der Waals surface area contributed by atoms with Crippen molar-refractivity contribution in [2.24, 2.45) is 0 Å². The molecule has 0 aliphatic carbocycles. The van der Waals surface area contributed by atoms with Crippen molar-refractivity contribution in [3.05, 3.63) is 236 Å². The molecule has 8 aromatic rings. The van der Waals surface area contributed by atoms with Gasteiger partial charge in [0.2, 0.25) is 0 Å². The lowest BCUT2D eigenvalue weighted by Gasteiger charge is -2.12. The highest BCUT2D eigenvalue weighted by Crippen LogP contribution is 2.33. The molecule has 55 heavy (non-hydrogen) atoms. The van der Waals surface area contributed by atoms with E-state index in [1.807, 2.05) is 42.5 Å². The maximum absolute atomic E-state index is 5.07. The molecule has 1 aromatic heterocycles. The third-order valence-electron chi connectivity index (χ3n) is 9.79. The second-order valence-corrected chi connectivity index (χ2v) is 13.6. The zero-order valence-electron chi connectivity index (χ0n) is 30.8. The molecule has 0 unspecified atom stereocenters. The van der Waals surface area contributed by atoms with Crippen LogP contribution in [0.5, 0.6) is 0 Å². The average Bonchev–Trinajstić information content (AvgIpc) is 3.27. The number of aromatic nitrogens is 2. The van der Waals surface area contributed by atoms with Crippen molar-refractivity contribution in [3.63, 3.8) is 0 Å². The summed E-state index contributed by atoms with van der Waals surface area (Å²) in [6.45, 7) is 6.58. The van der Waals surface area contributed by atoms with Crippen LogP contribution in [-0.2, 0) is 0 Å². The van der Waals surface area contributed by atoms with Gasteiger partial charge in [0.15, 0.2) is 5.82 Å². The molecule has 2 nitrogen and oxygen atoms in total. The van der Waals surface area contributed by atoms with Crippen molar-refractivity contribution < 1.29 is 0 Å². The molecule has 262 valence electrons. The molecule has 0 aliphatic heterocycles. The summed E-state index contributed by atoms with van der Waals surface area (Å²) < 4.78 is 0. The van der Waals surface area contributed by atoms with E-state index in [0.29, 0.717) is 5.82 Å². The summed E-state index contributed by atoms with van der Waals surface area (Å²) in [4.78, 5) is 10.1. The van der Waals surface area contributed by atoms with E-state index in [2.05, 4.69) is 183 Å². The molecular formula is C53H40N2. The quantitative estimate of drug-likeness (QED) is 0.132. The minimum absolute atomic E-state index is 0.699. The molecule has 0 radical (unpaired) electrons. The Balaban J connectivity index is 1.12. The van der Waals surface area contributed by atoms with Gasteiger partial charge in [0.25, 0.3) is 0 Å². The molecule has 2 heteroatoms. The molecule has 0 atom stereocenters. The first-order chi connectivity index (χ1) is 27.1. The highest BCUT2D eigenvalue weighted by atomic mass is 14.9. The zero-order chi connectivity index (χ0) is 37.4. The van der Waals surface area contributed by atoms with Crippen molar-refractivity contribution in [3.8, 4) is 56.2 Å². The molecule has 0 aliphatic rings. The topological polar surface area (TPSA) is 25.8 Å². The van der Waals surface area contributed by atoms with Crippen molar-refractivity contribution in [2.45, 2.75) is 6.92 Å². The maximum Gasteiger partial charge on any atom is 0.160 e. The number of nitrogens with zero attached hydrogens (tertiary/aromatic N) is 2. The number of hydrogen-bond donors (Lipinski definition) is 0. The molecule has 0 spiro atoms. The van der Waals surface area contributed by atoms with E-state index in [0.717, 1.165) is 72.6 Å². The van der Waals surface area contributed by atoms with Gasteiger partial charge in [-0.3, -0.25) is 0 Å². The first-order valence-corrected chi connectivity index (χ1v) is 18.6. The van der Waals surface area contributed by atoms with E-state index < -0.39 is 0 Å². The van der Waals surface area contributed by atoms with E-state index in [-0.39, 0.29) is 0 Å². The van der Waals surface area contributed by atoms with Gasteiger partial charge in [-0.25, -0.2) is 9.97 Å². The molecule has 0 saturated heterocycles. The van der Waals surface area contributed by atoms with Crippen LogP contribution in [0.1, 0.15) is 23.6 Å². The Kier molecular flexibility index (Phi) is 10.3. The van der Waals surface area contributed by atoms with Crippen LogP contribution in [0.3, 0.4) is 0 Å². The van der Waals surface area contributed by atoms with E-state index in [9.17, 15) is 0 Å². The monoisotopic (exact) mass is 704 g/mol. The smallest absolute Gasteiger partial charge is 0.160 e. The fourth-order valence-corrected chi connectivity index (χ4v) is 6.83. The second-order valence-electron chi connectivity index (χ2n) is 13.6. The number of rotatable bonds is 10. The summed E-state index contributed by atoms with van der Waals surface area (Å²) in [7, 11) is 0. The van der Waals surface area contributed by atoms with Crippen LogP contribution in [0.2, 0.25) is 0 Å². The van der Waals surface area contributed by atoms with Gasteiger partial charge in [-0.05, 0) is 92.9 Å². The van der Waals surface area contributed by atoms with Crippen LogP contribution >= 0.6 is 0 Å². The predicted molar refractivity (Wildman–Crippen MR) is 233 cm³/mol. The highest BCUT2D eigenvalue weighted by Gasteiger charge is 2.12. The third kappa shape index (κ3) is 8.25. The summed E-state index contributed by atoms with van der Waals surface area (Å²) in [5.74, 6) is 0.699. The van der Waals surface area contributed by atoms with Gasteiger partial charge in [-0.15, -0.1) is 0 Å². The number of hydrogen-bond acceptors (Lipinski definition) is 2. The Labute approximate surface area is 324 Å². The lowest BCUT2D eigenvalue weighted by molar-refractivity contribution is 1.18. The third-order valence-corrected chi connectivity index (χ3v) is 9.79. The standard InChI is InChI=1S/C53H40N2/c1-38(40-18-7-3-8-19-40)32-50(41-20-9-4-10-21-41)33-39(2)44-26-15-27-45(34-44)46-28-16-29-47(35-46)48-30-17-31-49(36-48)53-54-51(42-22-11-5-12-23-42)37-52(55-53)43-24-13-6-14-25-43/h3-37H,1H2,2H3/b39-33+,50-32+. The number of benzene rings is 7. The van der Waals surface area contributed by atoms with Gasteiger partial charge in [0.1, 0.15) is 0 Å². The second kappa shape index (κ2) is 16.2. The molecule has 8 rings (SSSR count). The van der Waals surface area contributed by atoms with E-state index in [4.69, 9.17) is 9.97 Å². The Bertz CT molecular complexity index is 2580. The largest absolute Gasteiger partial charge is 0.228 e. The van der Waals surface area contributed by atoms with E-state index >= 15 is 0 Å². The van der Waals surface area contributed by atoms with Crippen LogP contribution in [0.15, 0.2) is 219 Å². The van der Waals surface area contributed by atoms with Gasteiger partial charge < -0.3 is 0 Å². The van der Waals surface area contributed by atoms with Gasteiger partial charge in [-0.2, -0.15) is 0 Å². The van der Waals surface area contributed by atoms with Crippen molar-refractivity contribution in [1.29, 1.82) is 0 Å². The van der Waals surface area contributed by atoms with Crippen molar-refractivity contribution in [2.75, 3.05) is 0 Å². The minimum Gasteiger partial charge on any atom is -0.228 e. The van der Waals surface area contributed by atoms with Crippen LogP contribution in [0, 0.1) is 0 Å². The van der Waals surface area contributed by atoms with Crippen LogP contribution in [-0.4, -0.2) is 9.97 Å². The lowest BCUT2D eigenvalue weighted by Crippen LogP contribution is -1.96. The van der Waals surface area contributed by atoms with Gasteiger partial charge >= 0.3 is 0 Å². The maximum atomic E-state index is 5.07. The van der Waals surface area contributed by atoms with Gasteiger partial charge in [-0.1, -0.05) is 189 Å². The van der Waals surface area contributed by atoms with Crippen LogP contribution < -0.4 is 0 Å².